The van der Waals surface area contributed by atoms with Gasteiger partial charge in [-0.1, -0.05) is 6.92 Å². The lowest BCUT2D eigenvalue weighted by Gasteiger charge is -2.31. The van der Waals surface area contributed by atoms with Crippen molar-refractivity contribution in [3.05, 3.63) is 58.5 Å². The van der Waals surface area contributed by atoms with Gasteiger partial charge < -0.3 is 9.64 Å². The maximum absolute atomic E-state index is 12.7. The average Bonchev–Trinajstić information content (AvgIpc) is 2.62. The maximum Gasteiger partial charge on any atom is 0.255 e. The third-order valence-electron chi connectivity index (χ3n) is 4.45. The van der Waals surface area contributed by atoms with Gasteiger partial charge in [-0.05, 0) is 49.1 Å². The number of piperidine rings is 1. The molecular weight excluding hydrogens is 304 g/mol. The third-order valence-corrected chi connectivity index (χ3v) is 4.45. The number of aromatic nitrogens is 1. The van der Waals surface area contributed by atoms with Crippen LogP contribution in [-0.4, -0.2) is 35.6 Å². The second-order valence-corrected chi connectivity index (χ2v) is 6.32. The Labute approximate surface area is 141 Å². The first kappa shape index (κ1) is 16.3. The predicted molar refractivity (Wildman–Crippen MR) is 92.9 cm³/mol. The van der Waals surface area contributed by atoms with Crippen molar-refractivity contribution in [2.24, 2.45) is 5.92 Å². The first-order valence-electron chi connectivity index (χ1n) is 8.25. The van der Waals surface area contributed by atoms with E-state index in [1.165, 1.54) is 10.6 Å². The van der Waals surface area contributed by atoms with Crippen molar-refractivity contribution in [1.82, 2.24) is 9.47 Å². The molecule has 1 saturated heterocycles. The lowest BCUT2D eigenvalue weighted by Crippen LogP contribution is -2.39. The minimum absolute atomic E-state index is 0.0104. The van der Waals surface area contributed by atoms with Crippen LogP contribution in [0.3, 0.4) is 0 Å². The van der Waals surface area contributed by atoms with Crippen LogP contribution < -0.4 is 10.3 Å². The highest BCUT2D eigenvalue weighted by atomic mass is 16.5. The van der Waals surface area contributed by atoms with Crippen molar-refractivity contribution >= 4 is 5.91 Å². The molecule has 0 N–H and O–H groups in total. The zero-order valence-corrected chi connectivity index (χ0v) is 14.1. The fourth-order valence-electron chi connectivity index (χ4n) is 3.11. The molecule has 1 amide bonds. The molecule has 0 bridgehead atoms. The summed E-state index contributed by atoms with van der Waals surface area (Å²) in [4.78, 5) is 26.8. The Morgan fingerprint density at radius 2 is 1.92 bits per heavy atom. The fourth-order valence-corrected chi connectivity index (χ4v) is 3.11. The van der Waals surface area contributed by atoms with Crippen molar-refractivity contribution in [2.45, 2.75) is 19.8 Å². The van der Waals surface area contributed by atoms with Gasteiger partial charge in [-0.2, -0.15) is 0 Å². The van der Waals surface area contributed by atoms with E-state index >= 15 is 0 Å². The Morgan fingerprint density at radius 1 is 1.17 bits per heavy atom. The molecule has 2 heterocycles. The smallest absolute Gasteiger partial charge is 0.255 e. The number of methoxy groups -OCH3 is 1. The SMILES string of the molecule is COc1ccc(-n2cc(C(=O)N3CCC[C@H](C)C3)ccc2=O)cc1. The standard InChI is InChI=1S/C19H22N2O3/c1-14-4-3-11-20(12-14)19(23)15-5-10-18(22)21(13-15)16-6-8-17(24-2)9-7-16/h5-10,13-14H,3-4,11-12H2,1-2H3/t14-/m0/s1. The molecule has 1 atom stereocenters. The molecule has 1 aromatic heterocycles. The van der Waals surface area contributed by atoms with Crippen LogP contribution in [0.25, 0.3) is 5.69 Å². The number of hydrogen-bond donors (Lipinski definition) is 0. The molecule has 5 heteroatoms. The zero-order chi connectivity index (χ0) is 17.1. The second-order valence-electron chi connectivity index (χ2n) is 6.32. The molecule has 1 aliphatic rings. The summed E-state index contributed by atoms with van der Waals surface area (Å²) in [6, 6.07) is 10.3. The van der Waals surface area contributed by atoms with E-state index in [2.05, 4.69) is 6.92 Å². The van der Waals surface area contributed by atoms with Crippen molar-refractivity contribution < 1.29 is 9.53 Å². The number of pyridine rings is 1. The molecule has 0 radical (unpaired) electrons. The number of carbonyl (C=O) groups is 1. The van der Waals surface area contributed by atoms with Gasteiger partial charge in [0.1, 0.15) is 5.75 Å². The van der Waals surface area contributed by atoms with Gasteiger partial charge in [0.25, 0.3) is 11.5 Å². The Bertz CT molecular complexity index is 780. The Hall–Kier alpha value is -2.56. The van der Waals surface area contributed by atoms with E-state index < -0.39 is 0 Å². The number of hydrogen-bond acceptors (Lipinski definition) is 3. The summed E-state index contributed by atoms with van der Waals surface area (Å²) in [7, 11) is 1.60. The molecule has 0 aliphatic carbocycles. The molecule has 1 aromatic carbocycles. The summed E-state index contributed by atoms with van der Waals surface area (Å²) < 4.78 is 6.64. The second kappa shape index (κ2) is 6.91. The van der Waals surface area contributed by atoms with Crippen LogP contribution >= 0.6 is 0 Å². The van der Waals surface area contributed by atoms with Crippen LogP contribution in [-0.2, 0) is 0 Å². The molecule has 1 fully saturated rings. The lowest BCUT2D eigenvalue weighted by atomic mass is 10.00. The van der Waals surface area contributed by atoms with Crippen LogP contribution in [0, 0.1) is 5.92 Å². The number of benzene rings is 1. The first-order valence-corrected chi connectivity index (χ1v) is 8.25. The normalized spacial score (nSPS) is 17.6. The van der Waals surface area contributed by atoms with E-state index in [9.17, 15) is 9.59 Å². The van der Waals surface area contributed by atoms with Gasteiger partial charge in [0, 0.05) is 31.0 Å². The van der Waals surface area contributed by atoms with Crippen LogP contribution in [0.15, 0.2) is 47.4 Å². The highest BCUT2D eigenvalue weighted by Crippen LogP contribution is 2.18. The molecule has 5 nitrogen and oxygen atoms in total. The number of ether oxygens (including phenoxy) is 1. The van der Waals surface area contributed by atoms with E-state index in [1.54, 1.807) is 43.6 Å². The van der Waals surface area contributed by atoms with Gasteiger partial charge in [0.05, 0.1) is 12.7 Å². The van der Waals surface area contributed by atoms with E-state index in [0.29, 0.717) is 17.2 Å². The quantitative estimate of drug-likeness (QED) is 0.871. The highest BCUT2D eigenvalue weighted by Gasteiger charge is 2.22. The summed E-state index contributed by atoms with van der Waals surface area (Å²) >= 11 is 0. The summed E-state index contributed by atoms with van der Waals surface area (Å²) in [6.45, 7) is 3.73. The van der Waals surface area contributed by atoms with Gasteiger partial charge in [-0.15, -0.1) is 0 Å². The van der Waals surface area contributed by atoms with E-state index in [0.717, 1.165) is 31.7 Å². The van der Waals surface area contributed by atoms with Gasteiger partial charge in [-0.3, -0.25) is 14.2 Å². The lowest BCUT2D eigenvalue weighted by molar-refractivity contribution is 0.0682. The van der Waals surface area contributed by atoms with Crippen molar-refractivity contribution in [1.29, 1.82) is 0 Å². The van der Waals surface area contributed by atoms with E-state index in [1.807, 2.05) is 4.90 Å². The van der Waals surface area contributed by atoms with Gasteiger partial charge in [0.15, 0.2) is 0 Å². The monoisotopic (exact) mass is 326 g/mol. The number of amides is 1. The minimum Gasteiger partial charge on any atom is -0.497 e. The van der Waals surface area contributed by atoms with Gasteiger partial charge >= 0.3 is 0 Å². The number of carbonyl (C=O) groups excluding carboxylic acids is 1. The number of rotatable bonds is 3. The van der Waals surface area contributed by atoms with Crippen molar-refractivity contribution in [3.8, 4) is 11.4 Å². The minimum atomic E-state index is -0.163. The Kier molecular flexibility index (Phi) is 4.69. The molecule has 0 unspecified atom stereocenters. The fraction of sp³-hybridized carbons (Fsp3) is 0.368. The molecular formula is C19H22N2O3. The van der Waals surface area contributed by atoms with E-state index in [-0.39, 0.29) is 11.5 Å². The van der Waals surface area contributed by atoms with Crippen molar-refractivity contribution in [2.75, 3.05) is 20.2 Å². The highest BCUT2D eigenvalue weighted by molar-refractivity contribution is 5.94. The summed E-state index contributed by atoms with van der Waals surface area (Å²) in [5.74, 6) is 1.24. The molecule has 24 heavy (non-hydrogen) atoms. The Morgan fingerprint density at radius 3 is 2.58 bits per heavy atom. The summed E-state index contributed by atoms with van der Waals surface area (Å²) in [5, 5.41) is 0. The third kappa shape index (κ3) is 3.35. The molecule has 0 spiro atoms. The zero-order valence-electron chi connectivity index (χ0n) is 14.1. The molecule has 0 saturated carbocycles. The number of likely N-dealkylation sites (tertiary alicyclic amines) is 1. The topological polar surface area (TPSA) is 51.5 Å². The predicted octanol–water partition coefficient (Wildman–Crippen LogP) is 2.72. The van der Waals surface area contributed by atoms with E-state index in [4.69, 9.17) is 4.74 Å². The average molecular weight is 326 g/mol. The van der Waals surface area contributed by atoms with Gasteiger partial charge in [-0.25, -0.2) is 0 Å². The molecule has 3 rings (SSSR count). The molecule has 1 aliphatic heterocycles. The van der Waals surface area contributed by atoms with Crippen LogP contribution in [0.4, 0.5) is 0 Å². The largest absolute Gasteiger partial charge is 0.497 e. The summed E-state index contributed by atoms with van der Waals surface area (Å²) in [5.41, 5.74) is 1.09. The van der Waals surface area contributed by atoms with Crippen LogP contribution in [0.5, 0.6) is 5.75 Å². The first-order chi connectivity index (χ1) is 11.6. The van der Waals surface area contributed by atoms with Crippen LogP contribution in [0.2, 0.25) is 0 Å². The van der Waals surface area contributed by atoms with Crippen molar-refractivity contribution in [3.63, 3.8) is 0 Å². The number of nitrogens with zero attached hydrogens (tertiary/aromatic N) is 2. The summed E-state index contributed by atoms with van der Waals surface area (Å²) in [6.07, 6.45) is 3.83. The van der Waals surface area contributed by atoms with Gasteiger partial charge in [0.2, 0.25) is 0 Å². The maximum atomic E-state index is 12.7. The molecule has 126 valence electrons. The molecule has 2 aromatic rings. The Balaban J connectivity index is 1.90. The van der Waals surface area contributed by atoms with Crippen LogP contribution in [0.1, 0.15) is 30.1 Å².